The molecule has 1 saturated carbocycles. The van der Waals surface area contributed by atoms with Gasteiger partial charge in [-0.05, 0) is 40.0 Å². The van der Waals surface area contributed by atoms with E-state index in [-0.39, 0.29) is 12.4 Å². The number of carbonyl (C=O) groups excluding carboxylic acids is 1. The molecule has 1 aliphatic carbocycles. The normalized spacial score (nSPS) is 18.4. The zero-order valence-corrected chi connectivity index (χ0v) is 9.59. The molecule has 0 aromatic rings. The van der Waals surface area contributed by atoms with E-state index in [1.165, 1.54) is 0 Å². The average Bonchev–Trinajstić information content (AvgIpc) is 1.97. The van der Waals surface area contributed by atoms with E-state index in [4.69, 9.17) is 4.74 Å². The summed E-state index contributed by atoms with van der Waals surface area (Å²) in [5, 5.41) is 9.63. The third-order valence-corrected chi connectivity index (χ3v) is 2.15. The summed E-state index contributed by atoms with van der Waals surface area (Å²) in [6.45, 7) is 5.45. The maximum absolute atomic E-state index is 11.2. The van der Waals surface area contributed by atoms with Gasteiger partial charge in [-0.1, -0.05) is 11.8 Å². The lowest BCUT2D eigenvalue weighted by atomic mass is 9.81. The van der Waals surface area contributed by atoms with Crippen LogP contribution in [0.2, 0.25) is 0 Å². The smallest absolute Gasteiger partial charge is 0.318 e. The molecule has 1 fully saturated rings. The molecule has 0 bridgehead atoms. The van der Waals surface area contributed by atoms with Crippen LogP contribution in [0.15, 0.2) is 0 Å². The number of hydrogen-bond donors (Lipinski definition) is 1. The third-order valence-electron chi connectivity index (χ3n) is 2.15. The average molecular weight is 210 g/mol. The molecule has 3 heteroatoms. The minimum Gasteiger partial charge on any atom is -0.459 e. The van der Waals surface area contributed by atoms with E-state index in [1.807, 2.05) is 20.8 Å². The van der Waals surface area contributed by atoms with E-state index in [1.54, 1.807) is 0 Å². The Morgan fingerprint density at radius 1 is 1.47 bits per heavy atom. The van der Waals surface area contributed by atoms with Crippen molar-refractivity contribution in [1.82, 2.24) is 0 Å². The van der Waals surface area contributed by atoms with Crippen molar-refractivity contribution >= 4 is 5.97 Å². The first-order valence-corrected chi connectivity index (χ1v) is 5.25. The minimum atomic E-state index is -0.831. The van der Waals surface area contributed by atoms with Gasteiger partial charge in [-0.15, -0.1) is 0 Å². The van der Waals surface area contributed by atoms with Crippen LogP contribution in [0.5, 0.6) is 0 Å². The first-order valence-electron chi connectivity index (χ1n) is 5.25. The lowest BCUT2D eigenvalue weighted by Crippen LogP contribution is -2.34. The molecule has 0 aromatic heterocycles. The van der Waals surface area contributed by atoms with Crippen LogP contribution in [-0.2, 0) is 9.53 Å². The largest absolute Gasteiger partial charge is 0.459 e. The maximum atomic E-state index is 11.2. The van der Waals surface area contributed by atoms with Crippen molar-refractivity contribution in [1.29, 1.82) is 0 Å². The number of esters is 1. The molecule has 0 radical (unpaired) electrons. The zero-order chi connectivity index (χ0) is 11.5. The predicted octanol–water partition coefficient (Wildman–Crippen LogP) is 1.64. The van der Waals surface area contributed by atoms with Crippen molar-refractivity contribution in [2.24, 2.45) is 0 Å². The lowest BCUT2D eigenvalue weighted by molar-refractivity contribution is -0.153. The molecule has 0 aromatic carbocycles. The molecule has 1 aliphatic rings. The van der Waals surface area contributed by atoms with Gasteiger partial charge in [-0.2, -0.15) is 0 Å². The summed E-state index contributed by atoms with van der Waals surface area (Å²) in [6, 6.07) is 0. The molecular formula is C12H18O3. The fraction of sp³-hybridized carbons (Fsp3) is 0.750. The van der Waals surface area contributed by atoms with Gasteiger partial charge in [0.1, 0.15) is 17.6 Å². The van der Waals surface area contributed by atoms with Crippen LogP contribution in [0.3, 0.4) is 0 Å². The zero-order valence-electron chi connectivity index (χ0n) is 9.59. The van der Waals surface area contributed by atoms with Crippen LogP contribution in [0.4, 0.5) is 0 Å². The summed E-state index contributed by atoms with van der Waals surface area (Å²) >= 11 is 0. The van der Waals surface area contributed by atoms with Crippen LogP contribution < -0.4 is 0 Å². The second-order valence-corrected chi connectivity index (χ2v) is 4.95. The fourth-order valence-corrected chi connectivity index (χ4v) is 1.30. The first kappa shape index (κ1) is 12.1. The Balaban J connectivity index is 2.33. The highest BCUT2D eigenvalue weighted by Gasteiger charge is 2.32. The monoisotopic (exact) mass is 210 g/mol. The van der Waals surface area contributed by atoms with Gasteiger partial charge in [0.25, 0.3) is 0 Å². The molecule has 0 atom stereocenters. The molecular weight excluding hydrogens is 192 g/mol. The van der Waals surface area contributed by atoms with Gasteiger partial charge in [0.05, 0.1) is 0 Å². The van der Waals surface area contributed by atoms with Crippen LogP contribution in [0, 0.1) is 11.8 Å². The Kier molecular flexibility index (Phi) is 3.41. The Hall–Kier alpha value is -1.01. The number of ether oxygens (including phenoxy) is 1. The molecule has 0 saturated heterocycles. The number of hydrogen-bond acceptors (Lipinski definition) is 3. The SMILES string of the molecule is CC(C)(C)OC(=O)CC#CC1(O)CCC1. The van der Waals surface area contributed by atoms with Gasteiger partial charge in [0.15, 0.2) is 0 Å². The molecule has 0 unspecified atom stereocenters. The molecule has 1 N–H and O–H groups in total. The molecule has 3 nitrogen and oxygen atoms in total. The number of carbonyl (C=O) groups is 1. The predicted molar refractivity (Wildman–Crippen MR) is 57.0 cm³/mol. The quantitative estimate of drug-likeness (QED) is 0.528. The van der Waals surface area contributed by atoms with Crippen LogP contribution in [-0.4, -0.2) is 22.3 Å². The third kappa shape index (κ3) is 4.35. The number of rotatable bonds is 1. The first-order chi connectivity index (χ1) is 6.81. The topological polar surface area (TPSA) is 46.5 Å². The van der Waals surface area contributed by atoms with E-state index in [0.29, 0.717) is 12.8 Å². The molecule has 0 amide bonds. The van der Waals surface area contributed by atoms with Crippen LogP contribution in [0.25, 0.3) is 0 Å². The Bertz CT molecular complexity index is 297. The van der Waals surface area contributed by atoms with E-state index in [2.05, 4.69) is 11.8 Å². The molecule has 84 valence electrons. The fourth-order valence-electron chi connectivity index (χ4n) is 1.30. The summed E-state index contributed by atoms with van der Waals surface area (Å²) in [4.78, 5) is 11.2. The molecule has 15 heavy (non-hydrogen) atoms. The van der Waals surface area contributed by atoms with E-state index < -0.39 is 11.2 Å². The number of aliphatic hydroxyl groups is 1. The summed E-state index contributed by atoms with van der Waals surface area (Å²) in [5.74, 6) is 5.06. The van der Waals surface area contributed by atoms with Gasteiger partial charge in [0.2, 0.25) is 0 Å². The maximum Gasteiger partial charge on any atom is 0.318 e. The molecule has 0 heterocycles. The van der Waals surface area contributed by atoms with Gasteiger partial charge in [-0.3, -0.25) is 4.79 Å². The summed E-state index contributed by atoms with van der Waals surface area (Å²) in [7, 11) is 0. The highest BCUT2D eigenvalue weighted by Crippen LogP contribution is 2.30. The second kappa shape index (κ2) is 4.24. The summed E-state index contributed by atoms with van der Waals surface area (Å²) < 4.78 is 5.08. The highest BCUT2D eigenvalue weighted by molar-refractivity contribution is 5.72. The van der Waals surface area contributed by atoms with Gasteiger partial charge in [-0.25, -0.2) is 0 Å². The van der Waals surface area contributed by atoms with Gasteiger partial charge >= 0.3 is 5.97 Å². The minimum absolute atomic E-state index is 0.0551. The van der Waals surface area contributed by atoms with Crippen molar-refractivity contribution in [2.75, 3.05) is 0 Å². The van der Waals surface area contributed by atoms with E-state index >= 15 is 0 Å². The van der Waals surface area contributed by atoms with Crippen LogP contribution in [0.1, 0.15) is 46.5 Å². The highest BCUT2D eigenvalue weighted by atomic mass is 16.6. The van der Waals surface area contributed by atoms with Crippen molar-refractivity contribution in [3.8, 4) is 11.8 Å². The summed E-state index contributed by atoms with van der Waals surface area (Å²) in [6.07, 6.45) is 2.50. The van der Waals surface area contributed by atoms with Crippen molar-refractivity contribution < 1.29 is 14.6 Å². The molecule has 1 rings (SSSR count). The van der Waals surface area contributed by atoms with Crippen molar-refractivity contribution in [3.63, 3.8) is 0 Å². The Morgan fingerprint density at radius 3 is 2.47 bits per heavy atom. The van der Waals surface area contributed by atoms with Crippen molar-refractivity contribution in [2.45, 2.75) is 57.7 Å². The molecule has 0 aliphatic heterocycles. The van der Waals surface area contributed by atoms with Gasteiger partial charge < -0.3 is 9.84 Å². The standard InChI is InChI=1S/C12H18O3/c1-11(2,3)15-10(13)6-4-7-12(14)8-5-9-12/h14H,5-6,8-9H2,1-3H3. The summed E-state index contributed by atoms with van der Waals surface area (Å²) in [5.41, 5.74) is -1.30. The Morgan fingerprint density at radius 2 is 2.07 bits per heavy atom. The van der Waals surface area contributed by atoms with Crippen LogP contribution >= 0.6 is 0 Å². The Labute approximate surface area is 90.8 Å². The lowest BCUT2D eigenvalue weighted by Gasteiger charge is -2.30. The van der Waals surface area contributed by atoms with Crippen molar-refractivity contribution in [3.05, 3.63) is 0 Å². The molecule has 0 spiro atoms. The van der Waals surface area contributed by atoms with E-state index in [0.717, 1.165) is 6.42 Å². The second-order valence-electron chi connectivity index (χ2n) is 4.95. The van der Waals surface area contributed by atoms with Gasteiger partial charge in [0, 0.05) is 0 Å². The van der Waals surface area contributed by atoms with E-state index in [9.17, 15) is 9.90 Å².